The van der Waals surface area contributed by atoms with Crippen molar-refractivity contribution in [1.29, 1.82) is 0 Å². The maximum absolute atomic E-state index is 5.85. The molecule has 15 heavy (non-hydrogen) atoms. The van der Waals surface area contributed by atoms with E-state index in [-0.39, 0.29) is 5.41 Å². The molecule has 2 N–H and O–H groups in total. The molecular formula is C12H19N3. The zero-order valence-corrected chi connectivity index (χ0v) is 9.91. The lowest BCUT2D eigenvalue weighted by atomic mass is 9.90. The largest absolute Gasteiger partial charge is 0.397 e. The maximum atomic E-state index is 5.85. The first-order valence-corrected chi connectivity index (χ1v) is 4.98. The molecule has 0 unspecified atom stereocenters. The van der Waals surface area contributed by atoms with Crippen LogP contribution in [0.25, 0.3) is 0 Å². The Labute approximate surface area is 91.6 Å². The van der Waals surface area contributed by atoms with Gasteiger partial charge in [0.25, 0.3) is 0 Å². The Bertz CT molecular complexity index is 354. The first-order chi connectivity index (χ1) is 6.86. The topological polar surface area (TPSA) is 41.6 Å². The van der Waals surface area contributed by atoms with Gasteiger partial charge in [0, 0.05) is 23.7 Å². The predicted molar refractivity (Wildman–Crippen MR) is 65.2 cm³/mol. The normalized spacial score (nSPS) is 17.6. The Morgan fingerprint density at radius 1 is 1.47 bits per heavy atom. The summed E-state index contributed by atoms with van der Waals surface area (Å²) in [6.45, 7) is 10.2. The minimum absolute atomic E-state index is 0.0327. The Morgan fingerprint density at radius 3 is 2.53 bits per heavy atom. The molecule has 0 radical (unpaired) electrons. The molecule has 3 heteroatoms. The van der Waals surface area contributed by atoms with Gasteiger partial charge in [-0.05, 0) is 6.08 Å². The van der Waals surface area contributed by atoms with Crippen molar-refractivity contribution in [2.45, 2.75) is 20.8 Å². The summed E-state index contributed by atoms with van der Waals surface area (Å²) < 4.78 is 0. The van der Waals surface area contributed by atoms with E-state index in [2.05, 4.69) is 32.5 Å². The zero-order chi connectivity index (χ0) is 11.6. The van der Waals surface area contributed by atoms with Gasteiger partial charge in [-0.25, -0.2) is 0 Å². The molecule has 0 aromatic carbocycles. The van der Waals surface area contributed by atoms with Crippen molar-refractivity contribution in [3.8, 4) is 0 Å². The molecular weight excluding hydrogens is 186 g/mol. The molecule has 0 bridgehead atoms. The molecule has 0 saturated carbocycles. The predicted octanol–water partition coefficient (Wildman–Crippen LogP) is 2.25. The zero-order valence-electron chi connectivity index (χ0n) is 9.91. The van der Waals surface area contributed by atoms with Crippen molar-refractivity contribution in [1.82, 2.24) is 5.01 Å². The highest BCUT2D eigenvalue weighted by molar-refractivity contribution is 5.80. The number of hydrogen-bond acceptors (Lipinski definition) is 3. The van der Waals surface area contributed by atoms with E-state index >= 15 is 0 Å². The average Bonchev–Trinajstić information content (AvgIpc) is 2.26. The van der Waals surface area contributed by atoms with Gasteiger partial charge in [0.05, 0.1) is 11.9 Å². The lowest BCUT2D eigenvalue weighted by Crippen LogP contribution is -2.22. The number of nitrogens with two attached hydrogens (primary N) is 1. The van der Waals surface area contributed by atoms with Crippen LogP contribution in [-0.2, 0) is 0 Å². The first-order valence-electron chi connectivity index (χ1n) is 4.98. The molecule has 82 valence electrons. The third kappa shape index (κ3) is 2.49. The van der Waals surface area contributed by atoms with Crippen molar-refractivity contribution in [3.63, 3.8) is 0 Å². The fourth-order valence-electron chi connectivity index (χ4n) is 1.49. The van der Waals surface area contributed by atoms with Crippen molar-refractivity contribution < 1.29 is 0 Å². The molecule has 0 amide bonds. The average molecular weight is 205 g/mol. The van der Waals surface area contributed by atoms with E-state index in [0.29, 0.717) is 5.70 Å². The van der Waals surface area contributed by atoms with Gasteiger partial charge in [-0.2, -0.15) is 5.10 Å². The van der Waals surface area contributed by atoms with Gasteiger partial charge in [-0.15, -0.1) is 0 Å². The number of allylic oxidation sites excluding steroid dienone is 5. The minimum Gasteiger partial charge on any atom is -0.397 e. The Kier molecular flexibility index (Phi) is 3.03. The van der Waals surface area contributed by atoms with Gasteiger partial charge in [0.15, 0.2) is 0 Å². The SMILES string of the molecule is C=CC1=C(N)C=NN(C)C(C(C)(C)C)=C1. The van der Waals surface area contributed by atoms with Crippen LogP contribution in [0, 0.1) is 5.41 Å². The van der Waals surface area contributed by atoms with E-state index in [1.807, 2.05) is 18.1 Å². The fraction of sp³-hybridized carbons (Fsp3) is 0.417. The van der Waals surface area contributed by atoms with Crippen LogP contribution in [-0.4, -0.2) is 18.3 Å². The molecule has 0 fully saturated rings. The third-order valence-electron chi connectivity index (χ3n) is 2.33. The molecule has 0 aliphatic carbocycles. The van der Waals surface area contributed by atoms with Crippen LogP contribution < -0.4 is 5.73 Å². The smallest absolute Gasteiger partial charge is 0.0710 e. The number of hydrogen-bond donors (Lipinski definition) is 1. The highest BCUT2D eigenvalue weighted by Crippen LogP contribution is 2.30. The summed E-state index contributed by atoms with van der Waals surface area (Å²) in [4.78, 5) is 0. The van der Waals surface area contributed by atoms with Gasteiger partial charge < -0.3 is 5.73 Å². The molecule has 0 saturated heterocycles. The molecule has 0 aromatic rings. The number of nitrogens with zero attached hydrogens (tertiary/aromatic N) is 2. The van der Waals surface area contributed by atoms with Gasteiger partial charge >= 0.3 is 0 Å². The van der Waals surface area contributed by atoms with Crippen molar-refractivity contribution in [2.75, 3.05) is 7.05 Å². The Balaban J connectivity index is 3.27. The summed E-state index contributed by atoms with van der Waals surface area (Å²) in [5.41, 5.74) is 8.57. The van der Waals surface area contributed by atoms with Crippen LogP contribution in [0.5, 0.6) is 0 Å². The van der Waals surface area contributed by atoms with Crippen LogP contribution in [0.2, 0.25) is 0 Å². The lowest BCUT2D eigenvalue weighted by molar-refractivity contribution is 0.323. The summed E-state index contributed by atoms with van der Waals surface area (Å²) in [5, 5.41) is 6.11. The van der Waals surface area contributed by atoms with Crippen LogP contribution >= 0.6 is 0 Å². The number of hydrazone groups is 1. The minimum atomic E-state index is 0.0327. The summed E-state index contributed by atoms with van der Waals surface area (Å²) >= 11 is 0. The molecule has 1 heterocycles. The highest BCUT2D eigenvalue weighted by Gasteiger charge is 2.22. The maximum Gasteiger partial charge on any atom is 0.0710 e. The standard InChI is InChI=1S/C12H19N3/c1-6-9-7-11(12(2,3)4)15(5)14-8-10(9)13/h6-8H,1,13H2,2-5H3. The molecule has 1 aliphatic rings. The fourth-order valence-corrected chi connectivity index (χ4v) is 1.49. The third-order valence-corrected chi connectivity index (χ3v) is 2.33. The summed E-state index contributed by atoms with van der Waals surface area (Å²) in [6, 6.07) is 0. The van der Waals surface area contributed by atoms with Crippen LogP contribution in [0.4, 0.5) is 0 Å². The van der Waals surface area contributed by atoms with E-state index in [0.717, 1.165) is 11.3 Å². The molecule has 0 atom stereocenters. The second-order valence-corrected chi connectivity index (χ2v) is 4.66. The van der Waals surface area contributed by atoms with E-state index < -0.39 is 0 Å². The molecule has 3 nitrogen and oxygen atoms in total. The van der Waals surface area contributed by atoms with Crippen molar-refractivity contribution in [2.24, 2.45) is 16.3 Å². The molecule has 0 aromatic heterocycles. The van der Waals surface area contributed by atoms with Crippen molar-refractivity contribution >= 4 is 6.21 Å². The quantitative estimate of drug-likeness (QED) is 0.713. The lowest BCUT2D eigenvalue weighted by Gasteiger charge is -2.28. The summed E-state index contributed by atoms with van der Waals surface area (Å²) in [6.07, 6.45) is 5.45. The van der Waals surface area contributed by atoms with Crippen LogP contribution in [0.15, 0.2) is 40.8 Å². The van der Waals surface area contributed by atoms with Crippen LogP contribution in [0.1, 0.15) is 20.8 Å². The van der Waals surface area contributed by atoms with Gasteiger partial charge in [0.2, 0.25) is 0 Å². The highest BCUT2D eigenvalue weighted by atomic mass is 15.4. The van der Waals surface area contributed by atoms with Crippen LogP contribution in [0.3, 0.4) is 0 Å². The van der Waals surface area contributed by atoms with Gasteiger partial charge in [-0.3, -0.25) is 5.01 Å². The Morgan fingerprint density at radius 2 is 2.07 bits per heavy atom. The molecule has 1 aliphatic heterocycles. The summed E-state index contributed by atoms with van der Waals surface area (Å²) in [5.74, 6) is 0. The molecule has 0 spiro atoms. The van der Waals surface area contributed by atoms with E-state index in [9.17, 15) is 0 Å². The van der Waals surface area contributed by atoms with E-state index in [1.54, 1.807) is 12.3 Å². The summed E-state index contributed by atoms with van der Waals surface area (Å²) in [7, 11) is 1.92. The second-order valence-electron chi connectivity index (χ2n) is 4.66. The first kappa shape index (κ1) is 11.6. The second kappa shape index (κ2) is 3.93. The van der Waals surface area contributed by atoms with Gasteiger partial charge in [-0.1, -0.05) is 33.4 Å². The number of rotatable bonds is 1. The van der Waals surface area contributed by atoms with Crippen molar-refractivity contribution in [3.05, 3.63) is 35.7 Å². The van der Waals surface area contributed by atoms with E-state index in [4.69, 9.17) is 5.73 Å². The molecule has 1 rings (SSSR count). The Hall–Kier alpha value is -1.51. The van der Waals surface area contributed by atoms with Gasteiger partial charge in [0.1, 0.15) is 0 Å². The van der Waals surface area contributed by atoms with E-state index in [1.165, 1.54) is 0 Å². The monoisotopic (exact) mass is 205 g/mol.